The monoisotopic (exact) mass is 330 g/mol. The third-order valence-corrected chi connectivity index (χ3v) is 3.33. The van der Waals surface area contributed by atoms with Crippen molar-refractivity contribution < 1.29 is 13.6 Å². The fourth-order valence-corrected chi connectivity index (χ4v) is 2.18. The third kappa shape index (κ3) is 4.12. The Labute approximate surface area is 131 Å². The highest BCUT2D eigenvalue weighted by Gasteiger charge is 2.14. The molecular formula is C14H13Cl2FN2O2. The SMILES string of the molecule is CC(Nc1cc(Cl)c(F)c(Cl)c1)C(=O)NCc1ccco1. The van der Waals surface area contributed by atoms with E-state index < -0.39 is 11.9 Å². The van der Waals surface area contributed by atoms with Gasteiger partial charge in [-0.1, -0.05) is 23.2 Å². The van der Waals surface area contributed by atoms with Crippen LogP contribution in [0, 0.1) is 5.82 Å². The van der Waals surface area contributed by atoms with Gasteiger partial charge in [0.05, 0.1) is 22.9 Å². The summed E-state index contributed by atoms with van der Waals surface area (Å²) in [7, 11) is 0. The number of anilines is 1. The van der Waals surface area contributed by atoms with Crippen LogP contribution in [0.3, 0.4) is 0 Å². The van der Waals surface area contributed by atoms with Gasteiger partial charge in [0.2, 0.25) is 5.91 Å². The summed E-state index contributed by atoms with van der Waals surface area (Å²) in [5.74, 6) is -0.259. The zero-order chi connectivity index (χ0) is 15.4. The van der Waals surface area contributed by atoms with Crippen molar-refractivity contribution in [3.05, 3.63) is 52.2 Å². The fourth-order valence-electron chi connectivity index (χ4n) is 1.69. The first-order valence-corrected chi connectivity index (χ1v) is 6.94. The Balaban J connectivity index is 1.94. The highest BCUT2D eigenvalue weighted by molar-refractivity contribution is 6.35. The summed E-state index contributed by atoms with van der Waals surface area (Å²) >= 11 is 11.4. The van der Waals surface area contributed by atoms with Crippen LogP contribution in [0.1, 0.15) is 12.7 Å². The summed E-state index contributed by atoms with van der Waals surface area (Å²) in [6.45, 7) is 1.96. The van der Waals surface area contributed by atoms with E-state index in [1.807, 2.05) is 0 Å². The second-order valence-corrected chi connectivity index (χ2v) is 5.23. The van der Waals surface area contributed by atoms with Gasteiger partial charge in [0, 0.05) is 5.69 Å². The number of carbonyl (C=O) groups excluding carboxylic acids is 1. The molecule has 2 aromatic rings. The van der Waals surface area contributed by atoms with Crippen LogP contribution in [-0.4, -0.2) is 11.9 Å². The van der Waals surface area contributed by atoms with E-state index in [0.717, 1.165) is 0 Å². The van der Waals surface area contributed by atoms with Gasteiger partial charge >= 0.3 is 0 Å². The lowest BCUT2D eigenvalue weighted by molar-refractivity contribution is -0.121. The first-order valence-electron chi connectivity index (χ1n) is 6.18. The maximum absolute atomic E-state index is 13.3. The van der Waals surface area contributed by atoms with Crippen LogP contribution in [0.4, 0.5) is 10.1 Å². The Bertz CT molecular complexity index is 609. The lowest BCUT2D eigenvalue weighted by atomic mass is 10.2. The highest BCUT2D eigenvalue weighted by atomic mass is 35.5. The average Bonchev–Trinajstić information content (AvgIpc) is 2.95. The molecule has 0 saturated heterocycles. The third-order valence-electron chi connectivity index (χ3n) is 2.78. The van der Waals surface area contributed by atoms with Gasteiger partial charge < -0.3 is 15.1 Å². The molecule has 112 valence electrons. The number of carbonyl (C=O) groups is 1. The van der Waals surface area contributed by atoms with Crippen LogP contribution in [0.15, 0.2) is 34.9 Å². The molecule has 21 heavy (non-hydrogen) atoms. The van der Waals surface area contributed by atoms with Crippen molar-refractivity contribution in [1.29, 1.82) is 0 Å². The van der Waals surface area contributed by atoms with Gasteiger partial charge in [-0.05, 0) is 31.2 Å². The molecule has 0 fully saturated rings. The van der Waals surface area contributed by atoms with E-state index in [9.17, 15) is 9.18 Å². The van der Waals surface area contributed by atoms with Crippen molar-refractivity contribution in [1.82, 2.24) is 5.32 Å². The minimum atomic E-state index is -0.682. The second kappa shape index (κ2) is 6.83. The van der Waals surface area contributed by atoms with E-state index >= 15 is 0 Å². The largest absolute Gasteiger partial charge is 0.467 e. The van der Waals surface area contributed by atoms with Crippen LogP contribution in [0.5, 0.6) is 0 Å². The molecular weight excluding hydrogens is 318 g/mol. The predicted octanol–water partition coefficient (Wildman–Crippen LogP) is 3.84. The van der Waals surface area contributed by atoms with E-state index in [2.05, 4.69) is 10.6 Å². The minimum Gasteiger partial charge on any atom is -0.467 e. The highest BCUT2D eigenvalue weighted by Crippen LogP contribution is 2.27. The number of nitrogens with one attached hydrogen (secondary N) is 2. The van der Waals surface area contributed by atoms with Crippen molar-refractivity contribution in [3.63, 3.8) is 0 Å². The summed E-state index contributed by atoms with van der Waals surface area (Å²) < 4.78 is 18.4. The van der Waals surface area contributed by atoms with Crippen LogP contribution in [0.25, 0.3) is 0 Å². The quantitative estimate of drug-likeness (QED) is 0.819. The molecule has 2 rings (SSSR count). The Morgan fingerprint density at radius 3 is 2.62 bits per heavy atom. The van der Waals surface area contributed by atoms with Gasteiger partial charge in [0.15, 0.2) is 5.82 Å². The maximum atomic E-state index is 13.3. The normalized spacial score (nSPS) is 12.0. The molecule has 0 aliphatic carbocycles. The molecule has 0 aliphatic rings. The number of benzene rings is 1. The van der Waals surface area contributed by atoms with E-state index in [4.69, 9.17) is 27.6 Å². The number of amides is 1. The van der Waals surface area contributed by atoms with Gasteiger partial charge in [0.25, 0.3) is 0 Å². The van der Waals surface area contributed by atoms with Gasteiger partial charge in [-0.15, -0.1) is 0 Å². The maximum Gasteiger partial charge on any atom is 0.242 e. The summed E-state index contributed by atoms with van der Waals surface area (Å²) in [5, 5.41) is 5.41. The van der Waals surface area contributed by atoms with Crippen molar-refractivity contribution in [2.24, 2.45) is 0 Å². The molecule has 1 unspecified atom stereocenters. The van der Waals surface area contributed by atoms with E-state index in [1.54, 1.807) is 19.1 Å². The van der Waals surface area contributed by atoms with Crippen LogP contribution >= 0.6 is 23.2 Å². The smallest absolute Gasteiger partial charge is 0.242 e. The summed E-state index contributed by atoms with van der Waals surface area (Å²) in [4.78, 5) is 11.9. The van der Waals surface area contributed by atoms with Crippen LogP contribution in [-0.2, 0) is 11.3 Å². The summed E-state index contributed by atoms with van der Waals surface area (Å²) in [5.41, 5.74) is 0.465. The molecule has 2 N–H and O–H groups in total. The van der Waals surface area contributed by atoms with Crippen LogP contribution < -0.4 is 10.6 Å². The van der Waals surface area contributed by atoms with E-state index in [0.29, 0.717) is 18.0 Å². The molecule has 0 aliphatic heterocycles. The molecule has 0 bridgehead atoms. The number of hydrogen-bond donors (Lipinski definition) is 2. The molecule has 0 spiro atoms. The predicted molar refractivity (Wildman–Crippen MR) is 80.1 cm³/mol. The van der Waals surface area contributed by atoms with Gasteiger partial charge in [-0.3, -0.25) is 4.79 Å². The molecule has 0 saturated carbocycles. The second-order valence-electron chi connectivity index (χ2n) is 4.42. The fraction of sp³-hybridized carbons (Fsp3) is 0.214. The number of furan rings is 1. The first kappa shape index (κ1) is 15.7. The van der Waals surface area contributed by atoms with Gasteiger partial charge in [0.1, 0.15) is 11.8 Å². The van der Waals surface area contributed by atoms with E-state index in [1.165, 1.54) is 18.4 Å². The zero-order valence-corrected chi connectivity index (χ0v) is 12.6. The Morgan fingerprint density at radius 1 is 1.38 bits per heavy atom. The Morgan fingerprint density at radius 2 is 2.05 bits per heavy atom. The number of hydrogen-bond acceptors (Lipinski definition) is 3. The molecule has 1 atom stereocenters. The van der Waals surface area contributed by atoms with Crippen molar-refractivity contribution in [2.45, 2.75) is 19.5 Å². The van der Waals surface area contributed by atoms with Crippen molar-refractivity contribution in [2.75, 3.05) is 5.32 Å². The molecule has 1 heterocycles. The van der Waals surface area contributed by atoms with Gasteiger partial charge in [-0.2, -0.15) is 0 Å². The standard InChI is InChI=1S/C14H13Cl2FN2O2/c1-8(14(20)18-7-10-3-2-4-21-10)19-9-5-11(15)13(17)12(16)6-9/h2-6,8,19H,7H2,1H3,(H,18,20). The minimum absolute atomic E-state index is 0.104. The molecule has 4 nitrogen and oxygen atoms in total. The van der Waals surface area contributed by atoms with Crippen molar-refractivity contribution >= 4 is 34.8 Å². The summed E-state index contributed by atoms with van der Waals surface area (Å²) in [6.07, 6.45) is 1.53. The van der Waals surface area contributed by atoms with Crippen molar-refractivity contribution in [3.8, 4) is 0 Å². The number of halogens is 3. The molecule has 1 aromatic carbocycles. The topological polar surface area (TPSA) is 54.3 Å². The zero-order valence-electron chi connectivity index (χ0n) is 11.1. The first-order chi connectivity index (χ1) is 9.97. The number of rotatable bonds is 5. The average molecular weight is 331 g/mol. The Kier molecular flexibility index (Phi) is 5.09. The lowest BCUT2D eigenvalue weighted by Gasteiger charge is -2.15. The molecule has 7 heteroatoms. The van der Waals surface area contributed by atoms with Gasteiger partial charge in [-0.25, -0.2) is 4.39 Å². The van der Waals surface area contributed by atoms with Crippen LogP contribution in [0.2, 0.25) is 10.0 Å². The molecule has 0 radical (unpaired) electrons. The molecule has 1 amide bonds. The summed E-state index contributed by atoms with van der Waals surface area (Å²) in [6, 6.07) is 5.71. The van der Waals surface area contributed by atoms with E-state index in [-0.39, 0.29) is 16.0 Å². The molecule has 1 aromatic heterocycles. The Hall–Kier alpha value is -1.72. The lowest BCUT2D eigenvalue weighted by Crippen LogP contribution is -2.37.